The molecule has 1 aromatic carbocycles. The summed E-state index contributed by atoms with van der Waals surface area (Å²) in [4.78, 5) is 2.47. The van der Waals surface area contributed by atoms with Gasteiger partial charge in [0.25, 0.3) is 0 Å². The molecule has 1 aliphatic rings. The zero-order valence-electron chi connectivity index (χ0n) is 13.0. The summed E-state index contributed by atoms with van der Waals surface area (Å²) in [5.41, 5.74) is 8.80. The number of nitrogens with two attached hydrogens (primary N) is 1. The first kappa shape index (κ1) is 16.4. The molecule has 0 aliphatic carbocycles. The van der Waals surface area contributed by atoms with Gasteiger partial charge in [0, 0.05) is 19.1 Å². The molecule has 1 fully saturated rings. The molecule has 1 atom stereocenters. The Labute approximate surface area is 127 Å². The van der Waals surface area contributed by atoms with E-state index in [2.05, 4.69) is 36.1 Å². The zero-order valence-corrected chi connectivity index (χ0v) is 13.0. The number of hydrogen-bond acceptors (Lipinski definition) is 4. The fourth-order valence-electron chi connectivity index (χ4n) is 2.91. The molecule has 21 heavy (non-hydrogen) atoms. The van der Waals surface area contributed by atoms with Gasteiger partial charge in [-0.25, -0.2) is 0 Å². The quantitative estimate of drug-likeness (QED) is 0.805. The summed E-state index contributed by atoms with van der Waals surface area (Å²) in [7, 11) is 0. The van der Waals surface area contributed by atoms with Crippen LogP contribution in [-0.4, -0.2) is 49.0 Å². The lowest BCUT2D eigenvalue weighted by Crippen LogP contribution is -2.38. The molecular formula is C17H28N2O2. The Hall–Kier alpha value is -0.940. The van der Waals surface area contributed by atoms with Crippen LogP contribution in [0.25, 0.3) is 0 Å². The Kier molecular flexibility index (Phi) is 6.64. The van der Waals surface area contributed by atoms with Crippen LogP contribution in [0.3, 0.4) is 0 Å². The fraction of sp³-hybridized carbons (Fsp3) is 0.647. The van der Waals surface area contributed by atoms with Gasteiger partial charge >= 0.3 is 0 Å². The number of aryl methyl sites for hydroxylation is 1. The van der Waals surface area contributed by atoms with Gasteiger partial charge in [-0.1, -0.05) is 29.8 Å². The highest BCUT2D eigenvalue weighted by Crippen LogP contribution is 2.18. The normalized spacial score (nSPS) is 18.8. The van der Waals surface area contributed by atoms with Crippen LogP contribution < -0.4 is 5.73 Å². The van der Waals surface area contributed by atoms with Crippen LogP contribution in [0.4, 0.5) is 0 Å². The molecule has 0 aromatic heterocycles. The van der Waals surface area contributed by atoms with Crippen LogP contribution in [0.1, 0.15) is 36.4 Å². The second-order valence-electron chi connectivity index (χ2n) is 5.94. The molecule has 1 heterocycles. The lowest BCUT2D eigenvalue weighted by Gasteiger charge is -2.32. The first-order valence-electron chi connectivity index (χ1n) is 7.96. The summed E-state index contributed by atoms with van der Waals surface area (Å²) >= 11 is 0. The first-order chi connectivity index (χ1) is 10.2. The number of aliphatic hydroxyl groups excluding tert-OH is 1. The molecule has 0 radical (unpaired) electrons. The van der Waals surface area contributed by atoms with E-state index in [1.165, 1.54) is 11.1 Å². The van der Waals surface area contributed by atoms with Gasteiger partial charge in [-0.15, -0.1) is 0 Å². The van der Waals surface area contributed by atoms with Gasteiger partial charge in [0.15, 0.2) is 0 Å². The minimum Gasteiger partial charge on any atom is -0.394 e. The van der Waals surface area contributed by atoms with Gasteiger partial charge in [-0.3, -0.25) is 0 Å². The first-order valence-corrected chi connectivity index (χ1v) is 7.96. The molecule has 2 rings (SSSR count). The van der Waals surface area contributed by atoms with Crippen LogP contribution in [-0.2, 0) is 4.74 Å². The summed E-state index contributed by atoms with van der Waals surface area (Å²) in [5.74, 6) is 0. The Morgan fingerprint density at radius 2 is 2.14 bits per heavy atom. The maximum absolute atomic E-state index is 8.77. The van der Waals surface area contributed by atoms with Crippen LogP contribution in [0.2, 0.25) is 0 Å². The molecule has 1 unspecified atom stereocenters. The lowest BCUT2D eigenvalue weighted by molar-refractivity contribution is -0.00802. The Morgan fingerprint density at radius 1 is 1.38 bits per heavy atom. The number of nitrogens with zero attached hydrogens (tertiary/aromatic N) is 1. The molecule has 3 N–H and O–H groups in total. The Morgan fingerprint density at radius 3 is 2.81 bits per heavy atom. The van der Waals surface area contributed by atoms with Crippen molar-refractivity contribution in [2.75, 3.05) is 32.8 Å². The highest BCUT2D eigenvalue weighted by molar-refractivity contribution is 5.24. The van der Waals surface area contributed by atoms with Crippen molar-refractivity contribution in [1.29, 1.82) is 0 Å². The van der Waals surface area contributed by atoms with E-state index in [4.69, 9.17) is 15.6 Å². The van der Waals surface area contributed by atoms with Crippen LogP contribution in [0.15, 0.2) is 24.3 Å². The van der Waals surface area contributed by atoms with E-state index in [0.29, 0.717) is 12.7 Å². The number of piperidine rings is 1. The van der Waals surface area contributed by atoms with Crippen LogP contribution in [0, 0.1) is 6.92 Å². The predicted octanol–water partition coefficient (Wildman–Crippen LogP) is 1.86. The minimum atomic E-state index is 0.117. The monoisotopic (exact) mass is 292 g/mol. The molecule has 118 valence electrons. The summed E-state index contributed by atoms with van der Waals surface area (Å²) < 4.78 is 5.59. The van der Waals surface area contributed by atoms with Gasteiger partial charge in [-0.05, 0) is 38.3 Å². The molecular weight excluding hydrogens is 264 g/mol. The smallest absolute Gasteiger partial charge is 0.0701 e. The van der Waals surface area contributed by atoms with Crippen molar-refractivity contribution in [1.82, 2.24) is 4.90 Å². The Bertz CT molecular complexity index is 417. The highest BCUT2D eigenvalue weighted by Gasteiger charge is 2.19. The highest BCUT2D eigenvalue weighted by atomic mass is 16.5. The largest absolute Gasteiger partial charge is 0.394 e. The molecule has 1 saturated heterocycles. The number of ether oxygens (including phenoxy) is 1. The summed E-state index contributed by atoms with van der Waals surface area (Å²) in [6.07, 6.45) is 3.42. The van der Waals surface area contributed by atoms with Crippen molar-refractivity contribution in [3.8, 4) is 0 Å². The lowest BCUT2D eigenvalue weighted by atomic mass is 10.0. The summed E-state index contributed by atoms with van der Waals surface area (Å²) in [6, 6.07) is 8.60. The second kappa shape index (κ2) is 8.49. The molecule has 0 bridgehead atoms. The van der Waals surface area contributed by atoms with Crippen molar-refractivity contribution in [3.05, 3.63) is 35.4 Å². The topological polar surface area (TPSA) is 58.7 Å². The minimum absolute atomic E-state index is 0.117. The summed E-state index contributed by atoms with van der Waals surface area (Å²) in [6.45, 7) is 5.86. The van der Waals surface area contributed by atoms with Crippen molar-refractivity contribution >= 4 is 0 Å². The average Bonchev–Trinajstić information content (AvgIpc) is 2.51. The van der Waals surface area contributed by atoms with E-state index in [9.17, 15) is 0 Å². The second-order valence-corrected chi connectivity index (χ2v) is 5.94. The standard InChI is InChI=1S/C17H28N2O2/c1-14-3-2-4-15(13-14)17(18)7-10-19-8-5-16(6-9-19)21-12-11-20/h2-4,13,16-17,20H,5-12,18H2,1H3. The zero-order chi connectivity index (χ0) is 15.1. The number of hydrogen-bond donors (Lipinski definition) is 2. The molecule has 0 spiro atoms. The maximum atomic E-state index is 8.77. The number of benzene rings is 1. The third-order valence-corrected chi connectivity index (χ3v) is 4.21. The molecule has 4 nitrogen and oxygen atoms in total. The van der Waals surface area contributed by atoms with Gasteiger partial charge in [0.05, 0.1) is 19.3 Å². The van der Waals surface area contributed by atoms with Crippen LogP contribution in [0.5, 0.6) is 0 Å². The van der Waals surface area contributed by atoms with E-state index < -0.39 is 0 Å². The summed E-state index contributed by atoms with van der Waals surface area (Å²) in [5, 5.41) is 8.77. The van der Waals surface area contributed by atoms with Gasteiger partial charge in [-0.2, -0.15) is 0 Å². The number of rotatable bonds is 7. The third-order valence-electron chi connectivity index (χ3n) is 4.21. The van der Waals surface area contributed by atoms with E-state index in [1.54, 1.807) is 0 Å². The third kappa shape index (κ3) is 5.40. The van der Waals surface area contributed by atoms with Gasteiger partial charge in [0.1, 0.15) is 0 Å². The van der Waals surface area contributed by atoms with Crippen molar-refractivity contribution in [2.24, 2.45) is 5.73 Å². The SMILES string of the molecule is Cc1cccc(C(N)CCN2CCC(OCCO)CC2)c1. The van der Waals surface area contributed by atoms with Crippen molar-refractivity contribution < 1.29 is 9.84 Å². The maximum Gasteiger partial charge on any atom is 0.0701 e. The average molecular weight is 292 g/mol. The molecule has 1 aliphatic heterocycles. The predicted molar refractivity (Wildman–Crippen MR) is 85.2 cm³/mol. The van der Waals surface area contributed by atoms with Gasteiger partial charge in [0.2, 0.25) is 0 Å². The van der Waals surface area contributed by atoms with Crippen LogP contribution >= 0.6 is 0 Å². The van der Waals surface area contributed by atoms with Crippen molar-refractivity contribution in [2.45, 2.75) is 38.3 Å². The van der Waals surface area contributed by atoms with Gasteiger partial charge < -0.3 is 20.5 Å². The molecule has 0 saturated carbocycles. The Balaban J connectivity index is 1.69. The fourth-order valence-corrected chi connectivity index (χ4v) is 2.91. The molecule has 4 heteroatoms. The number of aliphatic hydroxyl groups is 1. The van der Waals surface area contributed by atoms with E-state index in [-0.39, 0.29) is 12.6 Å². The van der Waals surface area contributed by atoms with E-state index in [1.807, 2.05) is 0 Å². The van der Waals surface area contributed by atoms with Crippen molar-refractivity contribution in [3.63, 3.8) is 0 Å². The molecule has 0 amide bonds. The van der Waals surface area contributed by atoms with E-state index in [0.717, 1.165) is 38.9 Å². The number of likely N-dealkylation sites (tertiary alicyclic amines) is 1. The van der Waals surface area contributed by atoms with E-state index >= 15 is 0 Å². The molecule has 1 aromatic rings.